The molecule has 66 heavy (non-hydrogen) atoms. The van der Waals surface area contributed by atoms with E-state index in [0.717, 1.165) is 23.2 Å². The number of nitrogens with one attached hydrogen (secondary N) is 4. The number of hydrogen-bond donors (Lipinski definition) is 4. The average molecular weight is 934 g/mol. The number of hydrogen-bond acceptors (Lipinski definition) is 8. The first-order valence-electron chi connectivity index (χ1n) is 22.3. The van der Waals surface area contributed by atoms with Crippen LogP contribution in [-0.4, -0.2) is 84.2 Å². The van der Waals surface area contributed by atoms with Crippen molar-refractivity contribution in [3.63, 3.8) is 0 Å². The number of nitrogens with zero attached hydrogens (tertiary/aromatic N) is 2. The topological polar surface area (TPSA) is 149 Å². The second kappa shape index (κ2) is 17.7. The van der Waals surface area contributed by atoms with E-state index in [1.54, 1.807) is 47.4 Å². The molecule has 0 aliphatic carbocycles. The van der Waals surface area contributed by atoms with Crippen molar-refractivity contribution in [1.82, 2.24) is 20.4 Å². The number of carbonyl (C=O) groups is 5. The van der Waals surface area contributed by atoms with Crippen LogP contribution < -0.4 is 26.0 Å². The molecule has 12 nitrogen and oxygen atoms in total. The van der Waals surface area contributed by atoms with Crippen LogP contribution in [-0.2, 0) is 26.3 Å². The van der Waals surface area contributed by atoms with Crippen LogP contribution in [0.5, 0.6) is 5.75 Å². The van der Waals surface area contributed by atoms with Gasteiger partial charge in [0.25, 0.3) is 11.8 Å². The molecule has 15 heteroatoms. The number of amides is 5. The number of fused-ring (bicyclic) bond motifs is 3. The molecule has 5 aliphatic rings. The summed E-state index contributed by atoms with van der Waals surface area (Å²) in [6.45, 7) is 8.14. The van der Waals surface area contributed by atoms with Crippen molar-refractivity contribution in [2.75, 3.05) is 37.4 Å². The van der Waals surface area contributed by atoms with E-state index in [4.69, 9.17) is 27.9 Å². The van der Waals surface area contributed by atoms with E-state index < -0.39 is 41.0 Å². The summed E-state index contributed by atoms with van der Waals surface area (Å²) in [6.07, 6.45) is 2.44. The summed E-state index contributed by atoms with van der Waals surface area (Å²) in [5.74, 6) is 4.07. The highest BCUT2D eigenvalue weighted by Crippen LogP contribution is 2.57. The molecule has 5 heterocycles. The fraction of sp³-hybridized carbons (Fsp3) is 0.392. The van der Waals surface area contributed by atoms with Gasteiger partial charge in [-0.25, -0.2) is 4.39 Å². The Bertz CT molecular complexity index is 2750. The lowest BCUT2D eigenvalue weighted by molar-refractivity contribution is -0.137. The van der Waals surface area contributed by atoms with Crippen LogP contribution in [0, 0.1) is 29.0 Å². The van der Waals surface area contributed by atoms with Crippen molar-refractivity contribution in [1.29, 1.82) is 0 Å². The molecule has 342 valence electrons. The molecule has 1 unspecified atom stereocenters. The molecule has 5 aliphatic heterocycles. The molecule has 5 amide bonds. The zero-order chi connectivity index (χ0) is 46.7. The maximum absolute atomic E-state index is 16.3. The van der Waals surface area contributed by atoms with Crippen LogP contribution in [0.15, 0.2) is 72.8 Å². The lowest BCUT2D eigenvalue weighted by Crippen LogP contribution is -2.52. The number of methoxy groups -OCH3 is 1. The van der Waals surface area contributed by atoms with E-state index >= 15 is 4.39 Å². The predicted octanol–water partition coefficient (Wildman–Crippen LogP) is 7.67. The van der Waals surface area contributed by atoms with E-state index in [2.05, 4.69) is 53.9 Å². The molecule has 0 aromatic heterocycles. The van der Waals surface area contributed by atoms with Crippen LogP contribution in [0.2, 0.25) is 10.0 Å². The molecule has 0 bridgehead atoms. The van der Waals surface area contributed by atoms with Crippen molar-refractivity contribution in [2.24, 2.45) is 11.3 Å². The molecule has 4 N–H and O–H groups in total. The number of imide groups is 1. The number of anilines is 2. The Hall–Kier alpha value is -5.94. The molecule has 4 aromatic rings. The summed E-state index contributed by atoms with van der Waals surface area (Å²) in [5, 5.41) is 13.1. The zero-order valence-corrected chi connectivity index (χ0v) is 38.7. The molecular formula is C51H51Cl2FN6O6. The van der Waals surface area contributed by atoms with Crippen molar-refractivity contribution < 1.29 is 33.1 Å². The second-order valence-electron chi connectivity index (χ2n) is 19.2. The van der Waals surface area contributed by atoms with Crippen LogP contribution in [0.25, 0.3) is 0 Å². The fourth-order valence-electron chi connectivity index (χ4n) is 10.8. The number of likely N-dealkylation sites (tertiary alicyclic amines) is 1. The maximum Gasteiger partial charge on any atom is 0.255 e. The van der Waals surface area contributed by atoms with Crippen molar-refractivity contribution in [2.45, 2.75) is 88.9 Å². The lowest BCUT2D eigenvalue weighted by atomic mass is 9.63. The molecule has 0 radical (unpaired) electrons. The number of rotatable bonds is 8. The van der Waals surface area contributed by atoms with Crippen molar-refractivity contribution in [3.05, 3.63) is 122 Å². The minimum atomic E-state index is -0.901. The number of ether oxygens (including phenoxy) is 1. The van der Waals surface area contributed by atoms with Crippen LogP contribution in [0.3, 0.4) is 0 Å². The maximum atomic E-state index is 16.3. The second-order valence-corrected chi connectivity index (χ2v) is 20.1. The largest absolute Gasteiger partial charge is 0.495 e. The number of piperidine rings is 1. The monoisotopic (exact) mass is 932 g/mol. The first-order chi connectivity index (χ1) is 31.6. The minimum absolute atomic E-state index is 0.0297. The van der Waals surface area contributed by atoms with Gasteiger partial charge in [0.15, 0.2) is 0 Å². The lowest BCUT2D eigenvalue weighted by Gasteiger charge is -2.39. The third kappa shape index (κ3) is 8.28. The van der Waals surface area contributed by atoms with Gasteiger partial charge in [-0.15, -0.1) is 0 Å². The summed E-state index contributed by atoms with van der Waals surface area (Å²) in [7, 11) is 1.48. The molecule has 4 aromatic carbocycles. The number of benzene rings is 4. The summed E-state index contributed by atoms with van der Waals surface area (Å²) in [6, 6.07) is 19.1. The van der Waals surface area contributed by atoms with Gasteiger partial charge in [0, 0.05) is 83.8 Å². The van der Waals surface area contributed by atoms with Crippen molar-refractivity contribution >= 4 is 64.1 Å². The van der Waals surface area contributed by atoms with E-state index in [1.807, 2.05) is 24.3 Å². The fourth-order valence-corrected chi connectivity index (χ4v) is 11.1. The quantitative estimate of drug-likeness (QED) is 0.104. The summed E-state index contributed by atoms with van der Waals surface area (Å²) < 4.78 is 22.1. The van der Waals surface area contributed by atoms with Gasteiger partial charge in [0.05, 0.1) is 23.9 Å². The van der Waals surface area contributed by atoms with E-state index in [9.17, 15) is 24.0 Å². The predicted molar refractivity (Wildman–Crippen MR) is 250 cm³/mol. The highest BCUT2D eigenvalue weighted by Gasteiger charge is 2.61. The standard InChI is InChI=1S/C51H51Cl2FN6O6/c1-50(2,3)24-41-51(27-55-38-23-31(52)15-16-35(38)51)43(33-12-7-13-36(53)44(33)54)45(57-41)47(63)56-37-17-14-30(22-40(37)66-4)48(64)59-21-20-28(25-59)8-5-9-29-10-6-11-32-34(29)26-60(49(32)65)39-18-19-42(61)58-46(39)62/h6-7,10-17,22-23,28,39,41,43,45,55,57H,8,18-21,24-27H2,1-4H3,(H,56,63)(H,58,61,62)/t28-,39?,41+,43+,45-,51+/m1/s1. The highest BCUT2D eigenvalue weighted by atomic mass is 35.5. The molecule has 0 saturated carbocycles. The smallest absolute Gasteiger partial charge is 0.255 e. The van der Waals surface area contributed by atoms with Crippen LogP contribution >= 0.6 is 23.2 Å². The SMILES string of the molecule is COc1cc(C(=O)N2CC[C@@H](CC#Cc3cccc4c3CN(C3CCC(=O)NC3=O)C4=O)C2)ccc1NC(=O)[C@@H]1N[C@@H](CC(C)(C)C)[C@@]2(CNc3cc(Cl)ccc32)[C@H]1c1cccc(Cl)c1F. The average Bonchev–Trinajstić information content (AvgIpc) is 4.06. The van der Waals surface area contributed by atoms with E-state index in [0.29, 0.717) is 71.2 Å². The Kier molecular flexibility index (Phi) is 12.1. The number of halogens is 3. The Morgan fingerprint density at radius 3 is 2.59 bits per heavy atom. The highest BCUT2D eigenvalue weighted by molar-refractivity contribution is 6.31. The summed E-state index contributed by atoms with van der Waals surface area (Å²) in [5.41, 5.74) is 3.95. The van der Waals surface area contributed by atoms with Gasteiger partial charge in [-0.3, -0.25) is 29.3 Å². The molecule has 1 spiro atoms. The van der Waals surface area contributed by atoms with Gasteiger partial charge in [-0.1, -0.05) is 80.1 Å². The summed E-state index contributed by atoms with van der Waals surface area (Å²) >= 11 is 12.9. The van der Waals surface area contributed by atoms with Crippen molar-refractivity contribution in [3.8, 4) is 17.6 Å². The van der Waals surface area contributed by atoms with E-state index in [-0.39, 0.29) is 59.5 Å². The normalized spacial score (nSPS) is 24.4. The first-order valence-corrected chi connectivity index (χ1v) is 23.1. The third-order valence-corrected chi connectivity index (χ3v) is 14.4. The van der Waals surface area contributed by atoms with Gasteiger partial charge in [0.2, 0.25) is 17.7 Å². The Morgan fingerprint density at radius 2 is 1.82 bits per heavy atom. The molecular weight excluding hydrogens is 883 g/mol. The Labute approximate surface area is 393 Å². The van der Waals surface area contributed by atoms with Gasteiger partial charge >= 0.3 is 0 Å². The Morgan fingerprint density at radius 1 is 1.02 bits per heavy atom. The third-order valence-electron chi connectivity index (χ3n) is 13.8. The van der Waals surface area contributed by atoms with Gasteiger partial charge in [-0.2, -0.15) is 0 Å². The van der Waals surface area contributed by atoms with Gasteiger partial charge in [0.1, 0.15) is 17.6 Å². The van der Waals surface area contributed by atoms with E-state index in [1.165, 1.54) is 18.1 Å². The molecule has 3 fully saturated rings. The minimum Gasteiger partial charge on any atom is -0.495 e. The molecule has 9 rings (SSSR count). The number of carbonyl (C=O) groups excluding carboxylic acids is 5. The molecule has 6 atom stereocenters. The van der Waals surface area contributed by atoms with Crippen LogP contribution in [0.4, 0.5) is 15.8 Å². The molecule has 3 saturated heterocycles. The van der Waals surface area contributed by atoms with Crippen LogP contribution in [0.1, 0.15) is 102 Å². The summed E-state index contributed by atoms with van der Waals surface area (Å²) in [4.78, 5) is 69.5. The van der Waals surface area contributed by atoms with Gasteiger partial charge in [-0.05, 0) is 95.8 Å². The zero-order valence-electron chi connectivity index (χ0n) is 37.2. The first kappa shape index (κ1) is 45.2. The Balaban J connectivity index is 0.901. The van der Waals surface area contributed by atoms with Gasteiger partial charge < -0.3 is 30.5 Å².